The average molecular weight is 258 g/mol. The van der Waals surface area contributed by atoms with Gasteiger partial charge in [-0.1, -0.05) is 6.07 Å². The number of aryl methyl sites for hydroxylation is 3. The molecule has 0 saturated heterocycles. The fourth-order valence-electron chi connectivity index (χ4n) is 1.62. The van der Waals surface area contributed by atoms with Crippen LogP contribution in [0.15, 0.2) is 29.5 Å². The van der Waals surface area contributed by atoms with E-state index in [1.807, 2.05) is 25.2 Å². The number of nitrogens with two attached hydrogens (primary N) is 1. The quantitative estimate of drug-likeness (QED) is 0.643. The summed E-state index contributed by atoms with van der Waals surface area (Å²) in [5.74, 6) is 1.00. The first-order valence-corrected chi connectivity index (χ1v) is 6.03. The number of rotatable bonds is 3. The molecule has 2 rings (SSSR count). The van der Waals surface area contributed by atoms with Crippen molar-refractivity contribution in [2.24, 2.45) is 17.8 Å². The molecule has 0 radical (unpaired) electrons. The standard InChI is InChI=1S/C13H18N6/c1-9-4-5-11(6-10(9)2)17-13(14)15-7-12-16-8-19(3)18-12/h4-6,8H,7H2,1-3H3,(H3,14,15,17). The molecule has 0 fully saturated rings. The van der Waals surface area contributed by atoms with Gasteiger partial charge in [0, 0.05) is 12.7 Å². The van der Waals surface area contributed by atoms with Crippen LogP contribution in [-0.2, 0) is 13.6 Å². The topological polar surface area (TPSA) is 81.1 Å². The molecule has 0 aliphatic heterocycles. The minimum absolute atomic E-state index is 0.357. The minimum Gasteiger partial charge on any atom is -0.370 e. The second-order valence-electron chi connectivity index (χ2n) is 4.46. The van der Waals surface area contributed by atoms with E-state index in [4.69, 9.17) is 5.73 Å². The fraction of sp³-hybridized carbons (Fsp3) is 0.308. The molecule has 6 nitrogen and oxygen atoms in total. The van der Waals surface area contributed by atoms with Crippen molar-refractivity contribution in [3.05, 3.63) is 41.5 Å². The average Bonchev–Trinajstić information content (AvgIpc) is 2.77. The van der Waals surface area contributed by atoms with E-state index in [-0.39, 0.29) is 0 Å². The Morgan fingerprint density at radius 1 is 1.37 bits per heavy atom. The lowest BCUT2D eigenvalue weighted by Gasteiger charge is -2.07. The molecule has 0 atom stereocenters. The largest absolute Gasteiger partial charge is 0.370 e. The van der Waals surface area contributed by atoms with Gasteiger partial charge in [0.05, 0.1) is 0 Å². The molecular weight excluding hydrogens is 240 g/mol. The number of benzene rings is 1. The molecule has 100 valence electrons. The molecule has 1 aromatic heterocycles. The van der Waals surface area contributed by atoms with Gasteiger partial charge in [0.15, 0.2) is 11.8 Å². The van der Waals surface area contributed by atoms with Crippen LogP contribution < -0.4 is 11.1 Å². The van der Waals surface area contributed by atoms with Crippen molar-refractivity contribution < 1.29 is 0 Å². The number of nitrogens with one attached hydrogen (secondary N) is 1. The first-order chi connectivity index (χ1) is 9.04. The van der Waals surface area contributed by atoms with Gasteiger partial charge in [0.2, 0.25) is 0 Å². The summed E-state index contributed by atoms with van der Waals surface area (Å²) in [6.45, 7) is 4.50. The van der Waals surface area contributed by atoms with Gasteiger partial charge in [-0.25, -0.2) is 9.98 Å². The third kappa shape index (κ3) is 3.54. The molecule has 0 aliphatic rings. The van der Waals surface area contributed by atoms with Gasteiger partial charge in [0.25, 0.3) is 0 Å². The van der Waals surface area contributed by atoms with Crippen LogP contribution in [0.4, 0.5) is 5.69 Å². The van der Waals surface area contributed by atoms with E-state index < -0.39 is 0 Å². The lowest BCUT2D eigenvalue weighted by molar-refractivity contribution is 0.742. The molecular formula is C13H18N6. The van der Waals surface area contributed by atoms with Crippen molar-refractivity contribution in [2.45, 2.75) is 20.4 Å². The Morgan fingerprint density at radius 3 is 2.79 bits per heavy atom. The van der Waals surface area contributed by atoms with Crippen LogP contribution in [0.2, 0.25) is 0 Å². The molecule has 0 spiro atoms. The van der Waals surface area contributed by atoms with Gasteiger partial charge in [-0.2, -0.15) is 5.10 Å². The second-order valence-corrected chi connectivity index (χ2v) is 4.46. The highest BCUT2D eigenvalue weighted by Gasteiger charge is 2.00. The molecule has 0 bridgehead atoms. The highest BCUT2D eigenvalue weighted by Crippen LogP contribution is 2.13. The molecule has 0 amide bonds. The summed E-state index contributed by atoms with van der Waals surface area (Å²) in [6, 6.07) is 6.06. The van der Waals surface area contributed by atoms with Crippen LogP contribution in [0.1, 0.15) is 17.0 Å². The third-order valence-corrected chi connectivity index (χ3v) is 2.82. The van der Waals surface area contributed by atoms with E-state index in [9.17, 15) is 0 Å². The fourth-order valence-corrected chi connectivity index (χ4v) is 1.62. The summed E-state index contributed by atoms with van der Waals surface area (Å²) in [4.78, 5) is 8.28. The Hall–Kier alpha value is -2.37. The summed E-state index contributed by atoms with van der Waals surface area (Å²) in [6.07, 6.45) is 1.64. The van der Waals surface area contributed by atoms with Crippen LogP contribution in [0, 0.1) is 13.8 Å². The second kappa shape index (κ2) is 5.51. The zero-order valence-corrected chi connectivity index (χ0v) is 11.4. The smallest absolute Gasteiger partial charge is 0.193 e. The minimum atomic E-state index is 0.357. The maximum Gasteiger partial charge on any atom is 0.193 e. The van der Waals surface area contributed by atoms with E-state index >= 15 is 0 Å². The predicted octanol–water partition coefficient (Wildman–Crippen LogP) is 1.36. The SMILES string of the molecule is Cc1ccc(NC(N)=NCc2ncn(C)n2)cc1C. The van der Waals surface area contributed by atoms with E-state index in [2.05, 4.69) is 34.2 Å². The number of aliphatic imine (C=N–C) groups is 1. The highest BCUT2D eigenvalue weighted by atomic mass is 15.3. The van der Waals surface area contributed by atoms with Crippen molar-refractivity contribution in [1.29, 1.82) is 0 Å². The summed E-state index contributed by atoms with van der Waals surface area (Å²) in [7, 11) is 1.82. The van der Waals surface area contributed by atoms with Gasteiger partial charge in [0.1, 0.15) is 12.9 Å². The highest BCUT2D eigenvalue weighted by molar-refractivity contribution is 5.92. The van der Waals surface area contributed by atoms with Gasteiger partial charge < -0.3 is 11.1 Å². The van der Waals surface area contributed by atoms with E-state index in [0.717, 1.165) is 5.69 Å². The van der Waals surface area contributed by atoms with Gasteiger partial charge in [-0.05, 0) is 37.1 Å². The Labute approximate surface area is 112 Å². The molecule has 6 heteroatoms. The number of hydrogen-bond acceptors (Lipinski definition) is 3. The van der Waals surface area contributed by atoms with Crippen molar-refractivity contribution in [3.63, 3.8) is 0 Å². The van der Waals surface area contributed by atoms with E-state index in [1.165, 1.54) is 11.1 Å². The van der Waals surface area contributed by atoms with Crippen molar-refractivity contribution in [3.8, 4) is 0 Å². The normalized spacial score (nSPS) is 11.6. The molecule has 19 heavy (non-hydrogen) atoms. The van der Waals surface area contributed by atoms with Crippen LogP contribution in [0.25, 0.3) is 0 Å². The lowest BCUT2D eigenvalue weighted by Crippen LogP contribution is -2.22. The summed E-state index contributed by atoms with van der Waals surface area (Å²) in [5, 5.41) is 7.18. The van der Waals surface area contributed by atoms with Crippen LogP contribution >= 0.6 is 0 Å². The molecule has 0 aliphatic carbocycles. The van der Waals surface area contributed by atoms with Gasteiger partial charge in [-0.3, -0.25) is 4.68 Å². The van der Waals surface area contributed by atoms with Crippen LogP contribution in [-0.4, -0.2) is 20.7 Å². The summed E-state index contributed by atoms with van der Waals surface area (Å²) in [5.41, 5.74) is 9.22. The predicted molar refractivity (Wildman–Crippen MR) is 75.9 cm³/mol. The zero-order chi connectivity index (χ0) is 13.8. The van der Waals surface area contributed by atoms with E-state index in [0.29, 0.717) is 18.3 Å². The monoisotopic (exact) mass is 258 g/mol. The number of aromatic nitrogens is 3. The zero-order valence-electron chi connectivity index (χ0n) is 11.4. The van der Waals surface area contributed by atoms with Crippen molar-refractivity contribution in [1.82, 2.24) is 14.8 Å². The Balaban J connectivity index is 1.99. The van der Waals surface area contributed by atoms with Crippen molar-refractivity contribution in [2.75, 3.05) is 5.32 Å². The maximum atomic E-state index is 5.83. The van der Waals surface area contributed by atoms with Crippen molar-refractivity contribution >= 4 is 11.6 Å². The molecule has 0 saturated carbocycles. The molecule has 1 heterocycles. The number of hydrogen-bond donors (Lipinski definition) is 2. The first-order valence-electron chi connectivity index (χ1n) is 6.03. The third-order valence-electron chi connectivity index (χ3n) is 2.82. The number of anilines is 1. The number of nitrogens with zero attached hydrogens (tertiary/aromatic N) is 4. The maximum absolute atomic E-state index is 5.83. The van der Waals surface area contributed by atoms with Crippen LogP contribution in [0.5, 0.6) is 0 Å². The first kappa shape index (κ1) is 13.1. The number of guanidine groups is 1. The Morgan fingerprint density at radius 2 is 2.16 bits per heavy atom. The summed E-state index contributed by atoms with van der Waals surface area (Å²) >= 11 is 0. The Kier molecular flexibility index (Phi) is 3.79. The molecule has 3 N–H and O–H groups in total. The summed E-state index contributed by atoms with van der Waals surface area (Å²) < 4.78 is 1.64. The molecule has 0 unspecified atom stereocenters. The Bertz CT molecular complexity index is 599. The van der Waals surface area contributed by atoms with Gasteiger partial charge >= 0.3 is 0 Å². The lowest BCUT2D eigenvalue weighted by atomic mass is 10.1. The van der Waals surface area contributed by atoms with Gasteiger partial charge in [-0.15, -0.1) is 0 Å². The molecule has 1 aromatic carbocycles. The van der Waals surface area contributed by atoms with E-state index in [1.54, 1.807) is 11.0 Å². The van der Waals surface area contributed by atoms with Crippen LogP contribution in [0.3, 0.4) is 0 Å². The molecule has 2 aromatic rings.